The van der Waals surface area contributed by atoms with E-state index in [9.17, 15) is 9.59 Å². The van der Waals surface area contributed by atoms with E-state index in [-0.39, 0.29) is 30.4 Å². The molecule has 0 saturated heterocycles. The summed E-state index contributed by atoms with van der Waals surface area (Å²) in [7, 11) is 0. The molecule has 0 aromatic carbocycles. The summed E-state index contributed by atoms with van der Waals surface area (Å²) >= 11 is 0. The first-order valence-corrected chi connectivity index (χ1v) is 5.23. The molecule has 1 rings (SSSR count). The molecule has 1 saturated carbocycles. The van der Waals surface area contributed by atoms with E-state index in [1.165, 1.54) is 12.8 Å². The van der Waals surface area contributed by atoms with Crippen LogP contribution in [0.15, 0.2) is 0 Å². The smallest absolute Gasteiger partial charge is 0.239 e. The van der Waals surface area contributed by atoms with Crippen LogP contribution in [0.25, 0.3) is 0 Å². The van der Waals surface area contributed by atoms with Crippen LogP contribution < -0.4 is 16.4 Å². The molecule has 1 fully saturated rings. The SMILES string of the molecule is CC(C)(NC(=O)CNC(=O)CN)C1CC1. The molecule has 15 heavy (non-hydrogen) atoms. The zero-order valence-corrected chi connectivity index (χ0v) is 9.30. The van der Waals surface area contributed by atoms with Gasteiger partial charge in [0.25, 0.3) is 0 Å². The maximum atomic E-state index is 11.4. The van der Waals surface area contributed by atoms with Gasteiger partial charge in [0.2, 0.25) is 11.8 Å². The maximum absolute atomic E-state index is 11.4. The fraction of sp³-hybridized carbons (Fsp3) is 0.800. The van der Waals surface area contributed by atoms with Crippen LogP contribution >= 0.6 is 0 Å². The third-order valence-corrected chi connectivity index (χ3v) is 2.69. The highest BCUT2D eigenvalue weighted by atomic mass is 16.2. The molecule has 0 unspecified atom stereocenters. The van der Waals surface area contributed by atoms with E-state index in [0.717, 1.165) is 0 Å². The van der Waals surface area contributed by atoms with Crippen LogP contribution in [0.2, 0.25) is 0 Å². The van der Waals surface area contributed by atoms with Crippen molar-refractivity contribution in [3.63, 3.8) is 0 Å². The van der Waals surface area contributed by atoms with Gasteiger partial charge in [0.1, 0.15) is 0 Å². The van der Waals surface area contributed by atoms with Gasteiger partial charge in [0.05, 0.1) is 13.1 Å². The zero-order valence-electron chi connectivity index (χ0n) is 9.30. The van der Waals surface area contributed by atoms with Gasteiger partial charge in [-0.3, -0.25) is 9.59 Å². The van der Waals surface area contributed by atoms with Crippen molar-refractivity contribution in [1.29, 1.82) is 0 Å². The van der Waals surface area contributed by atoms with Gasteiger partial charge in [-0.15, -0.1) is 0 Å². The Hall–Kier alpha value is -1.10. The second kappa shape index (κ2) is 4.61. The largest absolute Gasteiger partial charge is 0.349 e. The summed E-state index contributed by atoms with van der Waals surface area (Å²) in [5.74, 6) is 0.106. The average Bonchev–Trinajstić information content (AvgIpc) is 2.96. The number of rotatable bonds is 5. The average molecular weight is 213 g/mol. The normalized spacial score (nSPS) is 15.9. The number of carbonyl (C=O) groups is 2. The Morgan fingerprint density at radius 1 is 1.33 bits per heavy atom. The van der Waals surface area contributed by atoms with Crippen LogP contribution in [0, 0.1) is 5.92 Å². The molecule has 4 N–H and O–H groups in total. The minimum absolute atomic E-state index is 0.00613. The minimum atomic E-state index is -0.311. The summed E-state index contributed by atoms with van der Waals surface area (Å²) in [6, 6.07) is 0. The first-order chi connectivity index (χ1) is 6.95. The quantitative estimate of drug-likeness (QED) is 0.568. The number of hydrogen-bond acceptors (Lipinski definition) is 3. The zero-order chi connectivity index (χ0) is 11.5. The minimum Gasteiger partial charge on any atom is -0.349 e. The highest BCUT2D eigenvalue weighted by molar-refractivity contribution is 5.85. The molecule has 0 heterocycles. The monoisotopic (exact) mass is 213 g/mol. The van der Waals surface area contributed by atoms with Gasteiger partial charge < -0.3 is 16.4 Å². The van der Waals surface area contributed by atoms with Crippen molar-refractivity contribution < 1.29 is 9.59 Å². The van der Waals surface area contributed by atoms with E-state index in [1.54, 1.807) is 0 Å². The Kier molecular flexibility index (Phi) is 3.68. The van der Waals surface area contributed by atoms with Crippen molar-refractivity contribution in [2.75, 3.05) is 13.1 Å². The van der Waals surface area contributed by atoms with Crippen LogP contribution in [0.3, 0.4) is 0 Å². The van der Waals surface area contributed by atoms with E-state index in [1.807, 2.05) is 13.8 Å². The number of amides is 2. The Morgan fingerprint density at radius 2 is 1.93 bits per heavy atom. The molecular weight excluding hydrogens is 194 g/mol. The molecule has 0 bridgehead atoms. The van der Waals surface area contributed by atoms with E-state index in [4.69, 9.17) is 5.73 Å². The number of carbonyl (C=O) groups excluding carboxylic acids is 2. The van der Waals surface area contributed by atoms with Crippen molar-refractivity contribution in [3.05, 3.63) is 0 Å². The molecule has 1 aliphatic rings. The highest BCUT2D eigenvalue weighted by Crippen LogP contribution is 2.38. The molecule has 86 valence electrons. The standard InChI is InChI=1S/C10H19N3O2/c1-10(2,7-3-4-7)13-9(15)6-12-8(14)5-11/h7H,3-6,11H2,1-2H3,(H,12,14)(H,13,15). The van der Waals surface area contributed by atoms with Gasteiger partial charge in [-0.05, 0) is 32.6 Å². The van der Waals surface area contributed by atoms with Crippen molar-refractivity contribution in [3.8, 4) is 0 Å². The van der Waals surface area contributed by atoms with Crippen molar-refractivity contribution in [2.45, 2.75) is 32.2 Å². The lowest BCUT2D eigenvalue weighted by atomic mass is 9.99. The lowest BCUT2D eigenvalue weighted by Gasteiger charge is -2.26. The molecule has 0 aromatic rings. The third kappa shape index (κ3) is 3.87. The Morgan fingerprint density at radius 3 is 2.40 bits per heavy atom. The first kappa shape index (κ1) is 12.0. The molecule has 0 radical (unpaired) electrons. The van der Waals surface area contributed by atoms with Gasteiger partial charge in [0.15, 0.2) is 0 Å². The molecule has 0 spiro atoms. The van der Waals surface area contributed by atoms with Crippen LogP contribution in [-0.2, 0) is 9.59 Å². The summed E-state index contributed by atoms with van der Waals surface area (Å²) in [5, 5.41) is 5.34. The van der Waals surface area contributed by atoms with Crippen molar-refractivity contribution in [1.82, 2.24) is 10.6 Å². The van der Waals surface area contributed by atoms with Gasteiger partial charge >= 0.3 is 0 Å². The molecule has 0 aliphatic heterocycles. The van der Waals surface area contributed by atoms with E-state index < -0.39 is 0 Å². The molecule has 0 aromatic heterocycles. The first-order valence-electron chi connectivity index (χ1n) is 5.23. The molecule has 5 heteroatoms. The summed E-state index contributed by atoms with van der Waals surface area (Å²) in [5.41, 5.74) is 4.94. The lowest BCUT2D eigenvalue weighted by molar-refractivity contribution is -0.126. The van der Waals surface area contributed by atoms with Crippen LogP contribution in [-0.4, -0.2) is 30.4 Å². The van der Waals surface area contributed by atoms with E-state index in [2.05, 4.69) is 10.6 Å². The predicted octanol–water partition coefficient (Wildman–Crippen LogP) is -0.634. The highest BCUT2D eigenvalue weighted by Gasteiger charge is 2.38. The molecule has 0 atom stereocenters. The number of nitrogens with one attached hydrogen (secondary N) is 2. The summed E-state index contributed by atoms with van der Waals surface area (Å²) < 4.78 is 0. The number of hydrogen-bond donors (Lipinski definition) is 3. The van der Waals surface area contributed by atoms with Gasteiger partial charge in [-0.1, -0.05) is 0 Å². The Balaban J connectivity index is 2.26. The lowest BCUT2D eigenvalue weighted by Crippen LogP contribution is -2.49. The van der Waals surface area contributed by atoms with Gasteiger partial charge in [-0.2, -0.15) is 0 Å². The van der Waals surface area contributed by atoms with Crippen LogP contribution in [0.1, 0.15) is 26.7 Å². The predicted molar refractivity (Wildman–Crippen MR) is 57.0 cm³/mol. The summed E-state index contributed by atoms with van der Waals surface area (Å²) in [4.78, 5) is 22.3. The van der Waals surface area contributed by atoms with Crippen molar-refractivity contribution in [2.24, 2.45) is 11.7 Å². The summed E-state index contributed by atoms with van der Waals surface area (Å²) in [6.07, 6.45) is 2.34. The topological polar surface area (TPSA) is 84.2 Å². The van der Waals surface area contributed by atoms with Crippen LogP contribution in [0.5, 0.6) is 0 Å². The molecule has 2 amide bonds. The Bertz CT molecular complexity index is 259. The summed E-state index contributed by atoms with van der Waals surface area (Å²) in [6.45, 7) is 3.94. The molecule has 5 nitrogen and oxygen atoms in total. The molecular formula is C10H19N3O2. The maximum Gasteiger partial charge on any atom is 0.239 e. The fourth-order valence-electron chi connectivity index (χ4n) is 1.56. The second-order valence-corrected chi connectivity index (χ2v) is 4.52. The van der Waals surface area contributed by atoms with E-state index in [0.29, 0.717) is 5.92 Å². The van der Waals surface area contributed by atoms with E-state index >= 15 is 0 Å². The van der Waals surface area contributed by atoms with Gasteiger partial charge in [-0.25, -0.2) is 0 Å². The van der Waals surface area contributed by atoms with Crippen molar-refractivity contribution >= 4 is 11.8 Å². The van der Waals surface area contributed by atoms with Crippen LogP contribution in [0.4, 0.5) is 0 Å². The third-order valence-electron chi connectivity index (χ3n) is 2.69. The number of nitrogens with two attached hydrogens (primary N) is 1. The second-order valence-electron chi connectivity index (χ2n) is 4.52. The Labute approximate surface area is 89.8 Å². The molecule has 1 aliphatic carbocycles. The van der Waals surface area contributed by atoms with Gasteiger partial charge in [0, 0.05) is 5.54 Å². The fourth-order valence-corrected chi connectivity index (χ4v) is 1.56.